The van der Waals surface area contributed by atoms with Gasteiger partial charge in [-0.05, 0) is 55.4 Å². The van der Waals surface area contributed by atoms with Crippen molar-refractivity contribution in [3.63, 3.8) is 0 Å². The quantitative estimate of drug-likeness (QED) is 0.0728. The van der Waals surface area contributed by atoms with Crippen molar-refractivity contribution in [3.8, 4) is 0 Å². The second-order valence-corrected chi connectivity index (χ2v) is 12.2. The molecule has 10 heteroatoms. The van der Waals surface area contributed by atoms with Gasteiger partial charge < -0.3 is 19.7 Å². The van der Waals surface area contributed by atoms with E-state index in [2.05, 4.69) is 31.2 Å². The van der Waals surface area contributed by atoms with Crippen molar-refractivity contribution in [2.75, 3.05) is 0 Å². The molecule has 0 spiro atoms. The van der Waals surface area contributed by atoms with Crippen LogP contribution in [0.4, 0.5) is 0 Å². The van der Waals surface area contributed by atoms with Crippen LogP contribution < -0.4 is 5.43 Å². The monoisotopic (exact) mass is 656 g/mol. The molecule has 3 aromatic rings. The van der Waals surface area contributed by atoms with Crippen LogP contribution in [0.3, 0.4) is 0 Å². The van der Waals surface area contributed by atoms with Crippen LogP contribution >= 0.6 is 11.8 Å². The summed E-state index contributed by atoms with van der Waals surface area (Å²) in [5.41, 5.74) is 2.85. The number of carboxylic acid groups (broad SMARTS) is 2. The SMILES string of the molecule is CCCCCCCCc1ccc(/C=C/C(Sc2ccc3c(=O)cc(C(=O)O)oc3c2CCC)C(O)CCCC(=O)O)cc1.[NaH].[NaH]. The Labute approximate surface area is 314 Å². The first-order valence-corrected chi connectivity index (χ1v) is 16.3. The van der Waals surface area contributed by atoms with Crippen LogP contribution in [0.15, 0.2) is 62.6 Å². The van der Waals surface area contributed by atoms with Gasteiger partial charge in [-0.15, -0.1) is 11.8 Å². The van der Waals surface area contributed by atoms with E-state index in [1.54, 1.807) is 6.07 Å². The van der Waals surface area contributed by atoms with E-state index >= 15 is 0 Å². The van der Waals surface area contributed by atoms with Crippen LogP contribution in [0.2, 0.25) is 0 Å². The molecule has 2 aromatic carbocycles. The predicted octanol–water partition coefficient (Wildman–Crippen LogP) is 6.84. The van der Waals surface area contributed by atoms with Gasteiger partial charge in [0.05, 0.1) is 16.7 Å². The third-order valence-electron chi connectivity index (χ3n) is 7.48. The standard InChI is InChI=1S/C35H44O7S.2Na.2H/c1-3-5-6-7-8-9-12-24-15-17-25(18-16-24)19-21-32(28(36)13-10-14-33(38)39)43-31-22-20-26-29(37)23-30(35(40)41)42-34(26)27(31)11-4-2;;;;/h15-23,28,32,36H,3-14H2,1-2H3,(H,38,39)(H,40,41);;;;/b21-19+;;;;. The van der Waals surface area contributed by atoms with Gasteiger partial charge in [-0.3, -0.25) is 9.59 Å². The summed E-state index contributed by atoms with van der Waals surface area (Å²) in [5, 5.41) is 29.6. The predicted molar refractivity (Wildman–Crippen MR) is 187 cm³/mol. The van der Waals surface area contributed by atoms with Crippen LogP contribution in [-0.4, -0.2) is 97.7 Å². The summed E-state index contributed by atoms with van der Waals surface area (Å²) in [6, 6.07) is 12.9. The van der Waals surface area contributed by atoms with Crippen molar-refractivity contribution in [2.24, 2.45) is 0 Å². The van der Waals surface area contributed by atoms with Crippen molar-refractivity contribution in [3.05, 3.63) is 81.2 Å². The van der Waals surface area contributed by atoms with Crippen molar-refractivity contribution in [1.82, 2.24) is 0 Å². The first-order valence-electron chi connectivity index (χ1n) is 15.4. The summed E-state index contributed by atoms with van der Waals surface area (Å²) in [6.07, 6.45) is 13.6. The van der Waals surface area contributed by atoms with Crippen molar-refractivity contribution in [1.29, 1.82) is 0 Å². The Balaban J connectivity index is 0.00000506. The number of unbranched alkanes of at least 4 members (excludes halogenated alkanes) is 5. The molecule has 0 radical (unpaired) electrons. The molecule has 0 saturated carbocycles. The molecule has 2 atom stereocenters. The van der Waals surface area contributed by atoms with Crippen LogP contribution in [0.25, 0.3) is 17.0 Å². The van der Waals surface area contributed by atoms with Crippen LogP contribution in [0.5, 0.6) is 0 Å². The number of aromatic carboxylic acids is 1. The topological polar surface area (TPSA) is 125 Å². The number of hydrogen-bond donors (Lipinski definition) is 3. The summed E-state index contributed by atoms with van der Waals surface area (Å²) in [4.78, 5) is 36.1. The number of carbonyl (C=O) groups is 2. The molecule has 3 N–H and O–H groups in total. The molecule has 0 bridgehead atoms. The number of hydrogen-bond acceptors (Lipinski definition) is 6. The number of aliphatic hydroxyl groups is 1. The third-order valence-corrected chi connectivity index (χ3v) is 8.86. The van der Waals surface area contributed by atoms with Gasteiger partial charge in [-0.1, -0.05) is 88.8 Å². The molecule has 1 aromatic heterocycles. The normalized spacial score (nSPS) is 12.4. The van der Waals surface area contributed by atoms with E-state index in [0.29, 0.717) is 24.6 Å². The molecule has 0 amide bonds. The van der Waals surface area contributed by atoms with Crippen molar-refractivity contribution < 1.29 is 29.3 Å². The number of benzene rings is 2. The summed E-state index contributed by atoms with van der Waals surface area (Å²) < 4.78 is 5.70. The van der Waals surface area contributed by atoms with Crippen LogP contribution in [0.1, 0.15) is 105 Å². The molecule has 0 aliphatic heterocycles. The fraction of sp³-hybridized carbons (Fsp3) is 0.457. The fourth-order valence-corrected chi connectivity index (χ4v) is 6.32. The van der Waals surface area contributed by atoms with Gasteiger partial charge in [-0.2, -0.15) is 0 Å². The Kier molecular flexibility index (Phi) is 20.6. The van der Waals surface area contributed by atoms with Crippen LogP contribution in [-0.2, 0) is 17.6 Å². The van der Waals surface area contributed by atoms with Gasteiger partial charge >= 0.3 is 71.1 Å². The number of aliphatic carboxylic acids is 1. The van der Waals surface area contributed by atoms with E-state index in [9.17, 15) is 24.6 Å². The van der Waals surface area contributed by atoms with E-state index in [0.717, 1.165) is 34.9 Å². The van der Waals surface area contributed by atoms with E-state index in [4.69, 9.17) is 9.52 Å². The minimum atomic E-state index is -1.31. The molecule has 0 saturated heterocycles. The Bertz CT molecular complexity index is 1440. The van der Waals surface area contributed by atoms with E-state index in [1.807, 2.05) is 25.1 Å². The van der Waals surface area contributed by atoms with Crippen molar-refractivity contribution >= 4 is 99.9 Å². The number of aryl methyl sites for hydroxylation is 2. The molecule has 1 heterocycles. The summed E-state index contributed by atoms with van der Waals surface area (Å²) in [6.45, 7) is 4.21. The molecule has 0 aliphatic carbocycles. The Morgan fingerprint density at radius 3 is 2.22 bits per heavy atom. The molecule has 236 valence electrons. The Morgan fingerprint density at radius 2 is 1.58 bits per heavy atom. The third kappa shape index (κ3) is 13.7. The molecular weight excluding hydrogens is 610 g/mol. The maximum atomic E-state index is 12.6. The summed E-state index contributed by atoms with van der Waals surface area (Å²) >= 11 is 1.40. The summed E-state index contributed by atoms with van der Waals surface area (Å²) in [7, 11) is 0. The minimum absolute atomic E-state index is 0. The maximum absolute atomic E-state index is 12.6. The zero-order valence-corrected chi connectivity index (χ0v) is 26.0. The average molecular weight is 657 g/mol. The van der Waals surface area contributed by atoms with Crippen LogP contribution in [0, 0.1) is 0 Å². The number of carboxylic acids is 2. The summed E-state index contributed by atoms with van der Waals surface area (Å²) in [5.74, 6) is -2.63. The van der Waals surface area contributed by atoms with Gasteiger partial charge in [0, 0.05) is 22.9 Å². The van der Waals surface area contributed by atoms with E-state index in [1.165, 1.54) is 55.9 Å². The first kappa shape index (κ1) is 41.7. The zero-order chi connectivity index (χ0) is 31.2. The average Bonchev–Trinajstić information content (AvgIpc) is 2.98. The van der Waals surface area contributed by atoms with Crippen molar-refractivity contribution in [2.45, 2.75) is 107 Å². The number of rotatable bonds is 19. The molecular formula is C35H46Na2O7S. The Morgan fingerprint density at radius 1 is 0.889 bits per heavy atom. The molecule has 7 nitrogen and oxygen atoms in total. The van der Waals surface area contributed by atoms with E-state index < -0.39 is 34.5 Å². The van der Waals surface area contributed by atoms with Gasteiger partial charge in [0.25, 0.3) is 0 Å². The second kappa shape index (κ2) is 22.3. The number of aliphatic hydroxyl groups excluding tert-OH is 1. The fourth-order valence-electron chi connectivity index (χ4n) is 5.09. The molecule has 45 heavy (non-hydrogen) atoms. The second-order valence-electron chi connectivity index (χ2n) is 11.0. The molecule has 0 aliphatic rings. The first-order chi connectivity index (χ1) is 20.7. The number of thioether (sulfide) groups is 1. The molecule has 3 rings (SSSR count). The van der Waals surface area contributed by atoms with E-state index in [-0.39, 0.29) is 71.1 Å². The van der Waals surface area contributed by atoms with Gasteiger partial charge in [0.15, 0.2) is 5.43 Å². The Hall–Kier alpha value is -1.36. The van der Waals surface area contributed by atoms with Gasteiger partial charge in [0.1, 0.15) is 5.58 Å². The van der Waals surface area contributed by atoms with Gasteiger partial charge in [0.2, 0.25) is 5.76 Å². The molecule has 0 fully saturated rings. The zero-order valence-electron chi connectivity index (χ0n) is 25.2. The van der Waals surface area contributed by atoms with Gasteiger partial charge in [-0.25, -0.2) is 4.79 Å². The number of fused-ring (bicyclic) bond motifs is 1. The molecule has 2 unspecified atom stereocenters.